The molecule has 0 amide bonds. The van der Waals surface area contributed by atoms with Crippen LogP contribution in [-0.4, -0.2) is 39.4 Å². The number of anilines is 1. The molecule has 0 aromatic heterocycles. The number of nitrogens with zero attached hydrogens (tertiary/aromatic N) is 1. The molecule has 4 nitrogen and oxygen atoms in total. The summed E-state index contributed by atoms with van der Waals surface area (Å²) < 4.78 is 10.8. The summed E-state index contributed by atoms with van der Waals surface area (Å²) >= 11 is 6.15. The molecule has 1 aromatic rings. The summed E-state index contributed by atoms with van der Waals surface area (Å²) in [6, 6.07) is 4.61. The lowest BCUT2D eigenvalue weighted by Gasteiger charge is -2.40. The lowest BCUT2D eigenvalue weighted by Crippen LogP contribution is -2.54. The molecule has 0 saturated carbocycles. The van der Waals surface area contributed by atoms with Gasteiger partial charge < -0.3 is 19.7 Å². The zero-order valence-electron chi connectivity index (χ0n) is 11.9. The molecule has 2 unspecified atom stereocenters. The summed E-state index contributed by atoms with van der Waals surface area (Å²) in [4.78, 5) is 2.33. The van der Waals surface area contributed by atoms with Gasteiger partial charge in [0.25, 0.3) is 0 Å². The highest BCUT2D eigenvalue weighted by Gasteiger charge is 2.26. The first-order valence-corrected chi connectivity index (χ1v) is 6.86. The van der Waals surface area contributed by atoms with E-state index < -0.39 is 0 Å². The van der Waals surface area contributed by atoms with E-state index in [-0.39, 0.29) is 0 Å². The van der Waals surface area contributed by atoms with Crippen LogP contribution in [0.5, 0.6) is 11.5 Å². The highest BCUT2D eigenvalue weighted by atomic mass is 35.5. The van der Waals surface area contributed by atoms with Gasteiger partial charge in [0.05, 0.1) is 24.9 Å². The quantitative estimate of drug-likeness (QED) is 0.925. The fourth-order valence-corrected chi connectivity index (χ4v) is 2.66. The Morgan fingerprint density at radius 1 is 1.21 bits per heavy atom. The van der Waals surface area contributed by atoms with Gasteiger partial charge in [-0.05, 0) is 13.8 Å². The summed E-state index contributed by atoms with van der Waals surface area (Å²) in [6.07, 6.45) is 0. The number of methoxy groups -OCH3 is 2. The van der Waals surface area contributed by atoms with Crippen LogP contribution >= 0.6 is 11.6 Å². The molecule has 1 aliphatic heterocycles. The number of hydrogen-bond donors (Lipinski definition) is 1. The van der Waals surface area contributed by atoms with E-state index in [0.717, 1.165) is 24.5 Å². The molecule has 1 saturated heterocycles. The number of halogens is 1. The maximum Gasteiger partial charge on any atom is 0.143 e. The minimum atomic E-state index is 0.399. The number of piperazine rings is 1. The average Bonchev–Trinajstić information content (AvgIpc) is 2.41. The number of rotatable bonds is 3. The predicted molar refractivity (Wildman–Crippen MR) is 78.8 cm³/mol. The zero-order chi connectivity index (χ0) is 14.0. The monoisotopic (exact) mass is 284 g/mol. The highest BCUT2D eigenvalue weighted by Crippen LogP contribution is 2.39. The molecule has 0 radical (unpaired) electrons. The van der Waals surface area contributed by atoms with Crippen LogP contribution in [0.2, 0.25) is 5.02 Å². The molecule has 2 atom stereocenters. The van der Waals surface area contributed by atoms with Crippen LogP contribution in [-0.2, 0) is 0 Å². The molecule has 0 aliphatic carbocycles. The van der Waals surface area contributed by atoms with Crippen LogP contribution in [0.25, 0.3) is 0 Å². The van der Waals surface area contributed by atoms with Gasteiger partial charge in [0.1, 0.15) is 11.5 Å². The highest BCUT2D eigenvalue weighted by molar-refractivity contribution is 6.32. The Bertz CT molecular complexity index is 453. The van der Waals surface area contributed by atoms with E-state index in [1.807, 2.05) is 12.1 Å². The zero-order valence-corrected chi connectivity index (χ0v) is 12.6. The van der Waals surface area contributed by atoms with Crippen LogP contribution in [0, 0.1) is 0 Å². The first-order chi connectivity index (χ1) is 9.06. The van der Waals surface area contributed by atoms with Gasteiger partial charge in [0.2, 0.25) is 0 Å². The third kappa shape index (κ3) is 2.90. The second-order valence-corrected chi connectivity index (χ2v) is 5.38. The summed E-state index contributed by atoms with van der Waals surface area (Å²) in [5, 5.41) is 4.04. The van der Waals surface area contributed by atoms with Crippen molar-refractivity contribution >= 4 is 17.3 Å². The first-order valence-electron chi connectivity index (χ1n) is 6.48. The maximum absolute atomic E-state index is 6.15. The maximum atomic E-state index is 6.15. The largest absolute Gasteiger partial charge is 0.495 e. The molecule has 2 rings (SSSR count). The fraction of sp³-hybridized carbons (Fsp3) is 0.571. The average molecular weight is 285 g/mol. The number of ether oxygens (including phenoxy) is 2. The Morgan fingerprint density at radius 3 is 2.53 bits per heavy atom. The standard InChI is InChI=1S/C14H21ClN2O2/c1-9-8-17(10(2)7-16-9)12-6-13(18-3)11(15)5-14(12)19-4/h5-6,9-10,16H,7-8H2,1-4H3. The Hall–Kier alpha value is -1.13. The molecule has 1 heterocycles. The van der Waals surface area contributed by atoms with Crippen LogP contribution in [0.4, 0.5) is 5.69 Å². The molecule has 0 spiro atoms. The molecule has 1 aliphatic rings. The second-order valence-electron chi connectivity index (χ2n) is 4.97. The summed E-state index contributed by atoms with van der Waals surface area (Å²) in [5.41, 5.74) is 1.03. The Kier molecular flexibility index (Phi) is 4.42. The topological polar surface area (TPSA) is 33.7 Å². The van der Waals surface area contributed by atoms with E-state index in [4.69, 9.17) is 21.1 Å². The molecular weight excluding hydrogens is 264 g/mol. The van der Waals surface area contributed by atoms with Crippen molar-refractivity contribution in [3.05, 3.63) is 17.2 Å². The number of benzene rings is 1. The summed E-state index contributed by atoms with van der Waals surface area (Å²) in [5.74, 6) is 1.46. The van der Waals surface area contributed by atoms with Crippen LogP contribution in [0.3, 0.4) is 0 Å². The third-order valence-corrected chi connectivity index (χ3v) is 3.82. The van der Waals surface area contributed by atoms with Crippen molar-refractivity contribution < 1.29 is 9.47 Å². The van der Waals surface area contributed by atoms with Crippen molar-refractivity contribution in [1.29, 1.82) is 0 Å². The van der Waals surface area contributed by atoms with Crippen molar-refractivity contribution in [2.45, 2.75) is 25.9 Å². The SMILES string of the molecule is COc1cc(N2CC(C)NCC2C)c(OC)cc1Cl. The molecular formula is C14H21ClN2O2. The van der Waals surface area contributed by atoms with Gasteiger partial charge in [-0.3, -0.25) is 0 Å². The van der Waals surface area contributed by atoms with Gasteiger partial charge in [-0.25, -0.2) is 0 Å². The van der Waals surface area contributed by atoms with Crippen LogP contribution < -0.4 is 19.7 Å². The number of nitrogens with one attached hydrogen (secondary N) is 1. The molecule has 1 N–H and O–H groups in total. The van der Waals surface area contributed by atoms with Crippen molar-refractivity contribution in [2.24, 2.45) is 0 Å². The minimum absolute atomic E-state index is 0.399. The first kappa shape index (κ1) is 14.3. The van der Waals surface area contributed by atoms with Crippen molar-refractivity contribution in [1.82, 2.24) is 5.32 Å². The van der Waals surface area contributed by atoms with Crippen molar-refractivity contribution in [2.75, 3.05) is 32.2 Å². The molecule has 0 bridgehead atoms. The van der Waals surface area contributed by atoms with Crippen LogP contribution in [0.1, 0.15) is 13.8 Å². The predicted octanol–water partition coefficient (Wildman–Crippen LogP) is 2.54. The second kappa shape index (κ2) is 5.88. The van der Waals surface area contributed by atoms with Gasteiger partial charge in [0, 0.05) is 37.3 Å². The molecule has 1 fully saturated rings. The van der Waals surface area contributed by atoms with Gasteiger partial charge in [-0.2, -0.15) is 0 Å². The van der Waals surface area contributed by atoms with E-state index in [1.54, 1.807) is 14.2 Å². The van der Waals surface area contributed by atoms with Gasteiger partial charge >= 0.3 is 0 Å². The van der Waals surface area contributed by atoms with E-state index in [0.29, 0.717) is 22.9 Å². The lowest BCUT2D eigenvalue weighted by atomic mass is 10.1. The van der Waals surface area contributed by atoms with Crippen molar-refractivity contribution in [3.63, 3.8) is 0 Å². The van der Waals surface area contributed by atoms with Crippen LogP contribution in [0.15, 0.2) is 12.1 Å². The lowest BCUT2D eigenvalue weighted by molar-refractivity contribution is 0.390. The van der Waals surface area contributed by atoms with Gasteiger partial charge in [0.15, 0.2) is 0 Å². The van der Waals surface area contributed by atoms with E-state index >= 15 is 0 Å². The van der Waals surface area contributed by atoms with E-state index in [9.17, 15) is 0 Å². The van der Waals surface area contributed by atoms with E-state index in [1.165, 1.54) is 0 Å². The number of hydrogen-bond acceptors (Lipinski definition) is 4. The van der Waals surface area contributed by atoms with Crippen molar-refractivity contribution in [3.8, 4) is 11.5 Å². The van der Waals surface area contributed by atoms with Gasteiger partial charge in [-0.1, -0.05) is 11.6 Å². The minimum Gasteiger partial charge on any atom is -0.495 e. The third-order valence-electron chi connectivity index (χ3n) is 3.53. The van der Waals surface area contributed by atoms with E-state index in [2.05, 4.69) is 24.1 Å². The fourth-order valence-electron chi connectivity index (χ4n) is 2.43. The smallest absolute Gasteiger partial charge is 0.143 e. The molecule has 19 heavy (non-hydrogen) atoms. The molecule has 5 heteroatoms. The Labute approximate surface area is 119 Å². The normalized spacial score (nSPS) is 23.3. The Balaban J connectivity index is 2.41. The van der Waals surface area contributed by atoms with Gasteiger partial charge in [-0.15, -0.1) is 0 Å². The molecule has 1 aromatic carbocycles. The molecule has 106 valence electrons. The Morgan fingerprint density at radius 2 is 1.89 bits per heavy atom. The summed E-state index contributed by atoms with van der Waals surface area (Å²) in [6.45, 7) is 6.26. The summed E-state index contributed by atoms with van der Waals surface area (Å²) in [7, 11) is 3.29.